The molecule has 0 saturated heterocycles. The number of rotatable bonds is 2. The summed E-state index contributed by atoms with van der Waals surface area (Å²) >= 11 is 0. The fourth-order valence-electron chi connectivity index (χ4n) is 1.48. The zero-order valence-corrected chi connectivity index (χ0v) is 9.28. The summed E-state index contributed by atoms with van der Waals surface area (Å²) in [6, 6.07) is 6.68. The van der Waals surface area contributed by atoms with Crippen molar-refractivity contribution >= 4 is 0 Å². The highest BCUT2D eigenvalue weighted by Crippen LogP contribution is 2.27. The van der Waals surface area contributed by atoms with Crippen molar-refractivity contribution in [2.24, 2.45) is 0 Å². The molecule has 0 fully saturated rings. The van der Waals surface area contributed by atoms with Gasteiger partial charge in [-0.15, -0.1) is 0 Å². The number of hydrogen-bond donors (Lipinski definition) is 1. The van der Waals surface area contributed by atoms with E-state index in [-0.39, 0.29) is 5.69 Å². The van der Waals surface area contributed by atoms with Crippen molar-refractivity contribution in [1.29, 1.82) is 0 Å². The maximum atomic E-state index is 12.4. The van der Waals surface area contributed by atoms with Crippen molar-refractivity contribution in [3.63, 3.8) is 0 Å². The lowest BCUT2D eigenvalue weighted by atomic mass is 10.3. The first-order valence-electron chi connectivity index (χ1n) is 4.95. The summed E-state index contributed by atoms with van der Waals surface area (Å²) in [5.74, 6) is 0.447. The van der Waals surface area contributed by atoms with Gasteiger partial charge in [0.15, 0.2) is 0 Å². The lowest BCUT2D eigenvalue weighted by Gasteiger charge is -2.05. The van der Waals surface area contributed by atoms with Crippen LogP contribution >= 0.6 is 0 Å². The van der Waals surface area contributed by atoms with E-state index in [9.17, 15) is 18.0 Å². The fourth-order valence-corrected chi connectivity index (χ4v) is 1.48. The molecule has 0 aliphatic carbocycles. The van der Waals surface area contributed by atoms with Gasteiger partial charge in [0.05, 0.1) is 12.8 Å². The molecule has 1 heterocycles. The van der Waals surface area contributed by atoms with Crippen LogP contribution in [0.5, 0.6) is 5.75 Å². The Kier molecular flexibility index (Phi) is 2.90. The molecule has 4 nitrogen and oxygen atoms in total. The number of alkyl halides is 3. The van der Waals surface area contributed by atoms with Crippen molar-refractivity contribution < 1.29 is 17.9 Å². The lowest BCUT2D eigenvalue weighted by molar-refractivity contribution is -0.141. The minimum absolute atomic E-state index is 0.273. The molecule has 1 aromatic carbocycles. The summed E-state index contributed by atoms with van der Waals surface area (Å²) in [6.07, 6.45) is -4.58. The van der Waals surface area contributed by atoms with E-state index in [1.165, 1.54) is 19.2 Å². The van der Waals surface area contributed by atoms with Gasteiger partial charge in [-0.05, 0) is 12.1 Å². The van der Waals surface area contributed by atoms with Crippen LogP contribution in [0.4, 0.5) is 13.2 Å². The van der Waals surface area contributed by atoms with Gasteiger partial charge in [0.2, 0.25) is 0 Å². The van der Waals surface area contributed by atoms with Gasteiger partial charge in [0, 0.05) is 12.1 Å². The third-order valence-electron chi connectivity index (χ3n) is 2.34. The number of halogens is 3. The number of nitrogens with zero attached hydrogens (tertiary/aromatic N) is 1. The van der Waals surface area contributed by atoms with Crippen molar-refractivity contribution in [3.8, 4) is 11.4 Å². The van der Waals surface area contributed by atoms with Crippen LogP contribution in [0.15, 0.2) is 35.1 Å². The van der Waals surface area contributed by atoms with E-state index in [0.29, 0.717) is 11.8 Å². The average Bonchev–Trinajstić information content (AvgIpc) is 2.71. The monoisotopic (exact) mass is 258 g/mol. The predicted molar refractivity (Wildman–Crippen MR) is 57.9 cm³/mol. The first-order valence-corrected chi connectivity index (χ1v) is 4.95. The van der Waals surface area contributed by atoms with E-state index < -0.39 is 17.4 Å². The molecule has 96 valence electrons. The van der Waals surface area contributed by atoms with E-state index >= 15 is 0 Å². The molecule has 0 bridgehead atoms. The van der Waals surface area contributed by atoms with Gasteiger partial charge in [0.25, 0.3) is 5.56 Å². The molecule has 0 unspecified atom stereocenters. The first kappa shape index (κ1) is 12.3. The molecule has 0 amide bonds. The maximum Gasteiger partial charge on any atom is 0.432 e. The number of ether oxygens (including phenoxy) is 1. The Bertz CT molecular complexity index is 613. The van der Waals surface area contributed by atoms with Crippen LogP contribution < -0.4 is 10.3 Å². The van der Waals surface area contributed by atoms with Gasteiger partial charge in [-0.1, -0.05) is 6.07 Å². The molecule has 0 saturated carbocycles. The number of aromatic amines is 1. The van der Waals surface area contributed by atoms with Gasteiger partial charge in [-0.3, -0.25) is 9.89 Å². The number of hydrogen-bond acceptors (Lipinski definition) is 2. The normalized spacial score (nSPS) is 11.6. The molecule has 18 heavy (non-hydrogen) atoms. The molecule has 1 aromatic heterocycles. The highest BCUT2D eigenvalue weighted by Gasteiger charge is 2.33. The molecule has 0 aliphatic rings. The summed E-state index contributed by atoms with van der Waals surface area (Å²) in [6.45, 7) is 0. The number of H-pyrrole nitrogens is 1. The second-order valence-corrected chi connectivity index (χ2v) is 3.54. The van der Waals surface area contributed by atoms with E-state index in [0.717, 1.165) is 4.68 Å². The van der Waals surface area contributed by atoms with Crippen molar-refractivity contribution in [3.05, 3.63) is 46.4 Å². The third kappa shape index (κ3) is 2.24. The quantitative estimate of drug-likeness (QED) is 0.897. The Morgan fingerprint density at radius 1 is 1.28 bits per heavy atom. The minimum atomic E-state index is -4.58. The van der Waals surface area contributed by atoms with Crippen molar-refractivity contribution in [2.45, 2.75) is 6.18 Å². The van der Waals surface area contributed by atoms with Gasteiger partial charge in [-0.2, -0.15) is 13.2 Å². The molecule has 0 spiro atoms. The second-order valence-electron chi connectivity index (χ2n) is 3.54. The fraction of sp³-hybridized carbons (Fsp3) is 0.182. The summed E-state index contributed by atoms with van der Waals surface area (Å²) < 4.78 is 43.1. The van der Waals surface area contributed by atoms with Crippen LogP contribution in [-0.2, 0) is 6.18 Å². The first-order chi connectivity index (χ1) is 8.41. The summed E-state index contributed by atoms with van der Waals surface area (Å²) in [4.78, 5) is 11.5. The van der Waals surface area contributed by atoms with E-state index in [2.05, 4.69) is 0 Å². The molecule has 0 aliphatic heterocycles. The summed E-state index contributed by atoms with van der Waals surface area (Å²) in [5.41, 5.74) is -1.60. The van der Waals surface area contributed by atoms with Gasteiger partial charge in [0.1, 0.15) is 11.4 Å². The Hall–Kier alpha value is -2.18. The maximum absolute atomic E-state index is 12.4. The summed E-state index contributed by atoms with van der Waals surface area (Å²) in [5, 5.41) is 2.01. The van der Waals surface area contributed by atoms with Crippen LogP contribution in [-0.4, -0.2) is 16.9 Å². The highest BCUT2D eigenvalue weighted by atomic mass is 19.4. The Labute approximate surface area is 99.6 Å². The molecule has 0 radical (unpaired) electrons. The zero-order chi connectivity index (χ0) is 13.3. The number of benzene rings is 1. The topological polar surface area (TPSA) is 47.0 Å². The van der Waals surface area contributed by atoms with E-state index in [4.69, 9.17) is 4.74 Å². The Balaban J connectivity index is 2.51. The smallest absolute Gasteiger partial charge is 0.432 e. The van der Waals surface area contributed by atoms with Crippen molar-refractivity contribution in [1.82, 2.24) is 9.78 Å². The number of aromatic nitrogens is 2. The minimum Gasteiger partial charge on any atom is -0.497 e. The Morgan fingerprint density at radius 2 is 2.00 bits per heavy atom. The van der Waals surface area contributed by atoms with E-state index in [1.54, 1.807) is 12.1 Å². The number of nitrogens with one attached hydrogen (secondary N) is 1. The van der Waals surface area contributed by atoms with Crippen LogP contribution in [0.1, 0.15) is 5.69 Å². The SMILES string of the molecule is COc1cccc(-n2[nH]c(C(F)(F)F)cc2=O)c1. The average molecular weight is 258 g/mol. The van der Waals surface area contributed by atoms with Crippen molar-refractivity contribution in [2.75, 3.05) is 7.11 Å². The number of methoxy groups -OCH3 is 1. The standard InChI is InChI=1S/C11H9F3N2O2/c1-18-8-4-2-3-7(5-8)16-10(17)6-9(15-16)11(12,13)14/h2-6,15H,1H3. The summed E-state index contributed by atoms with van der Waals surface area (Å²) in [7, 11) is 1.43. The largest absolute Gasteiger partial charge is 0.497 e. The second kappa shape index (κ2) is 4.25. The predicted octanol–water partition coefficient (Wildman–Crippen LogP) is 2.19. The molecule has 1 N–H and O–H groups in total. The van der Waals surface area contributed by atoms with Crippen LogP contribution in [0.25, 0.3) is 5.69 Å². The van der Waals surface area contributed by atoms with Gasteiger partial charge >= 0.3 is 6.18 Å². The van der Waals surface area contributed by atoms with Gasteiger partial charge < -0.3 is 4.74 Å². The highest BCUT2D eigenvalue weighted by molar-refractivity contribution is 5.38. The van der Waals surface area contributed by atoms with Crippen LogP contribution in [0.3, 0.4) is 0 Å². The van der Waals surface area contributed by atoms with Crippen LogP contribution in [0, 0.1) is 0 Å². The molecular formula is C11H9F3N2O2. The lowest BCUT2D eigenvalue weighted by Crippen LogP contribution is -2.13. The van der Waals surface area contributed by atoms with Gasteiger partial charge in [-0.25, -0.2) is 4.68 Å². The molecule has 2 aromatic rings. The third-order valence-corrected chi connectivity index (χ3v) is 2.34. The molecule has 7 heteroatoms. The molecule has 2 rings (SSSR count). The van der Waals surface area contributed by atoms with Crippen LogP contribution in [0.2, 0.25) is 0 Å². The molecule has 0 atom stereocenters. The zero-order valence-electron chi connectivity index (χ0n) is 9.28. The van der Waals surface area contributed by atoms with E-state index in [1.807, 2.05) is 5.10 Å². The molecular weight excluding hydrogens is 249 g/mol. The Morgan fingerprint density at radius 3 is 2.56 bits per heavy atom.